The molecule has 1 aromatic rings. The van der Waals surface area contributed by atoms with Crippen LogP contribution in [-0.2, 0) is 4.79 Å². The summed E-state index contributed by atoms with van der Waals surface area (Å²) in [6.07, 6.45) is 3.07. The number of hydrogen-bond acceptors (Lipinski definition) is 2. The number of benzene rings is 1. The molecule has 3 atom stereocenters. The van der Waals surface area contributed by atoms with Gasteiger partial charge in [0, 0.05) is 36.7 Å². The minimum absolute atomic E-state index is 0.0145. The number of hydrogen-bond donors (Lipinski definition) is 1. The van der Waals surface area contributed by atoms with Gasteiger partial charge < -0.3 is 10.2 Å². The number of halogens is 1. The fourth-order valence-electron chi connectivity index (χ4n) is 3.42. The number of nitrogens with one attached hydrogen (secondary N) is 1. The molecule has 1 aliphatic carbocycles. The van der Waals surface area contributed by atoms with Crippen LogP contribution in [0.1, 0.15) is 44.7 Å². The van der Waals surface area contributed by atoms with Crippen LogP contribution in [0.3, 0.4) is 0 Å². The maximum absolute atomic E-state index is 13.9. The summed E-state index contributed by atoms with van der Waals surface area (Å²) in [7, 11) is 0. The summed E-state index contributed by atoms with van der Waals surface area (Å²) in [5.41, 5.74) is 0.714. The summed E-state index contributed by atoms with van der Waals surface area (Å²) in [5, 5.41) is 3.55. The van der Waals surface area contributed by atoms with Gasteiger partial charge in [-0.1, -0.05) is 25.1 Å². The van der Waals surface area contributed by atoms with E-state index in [2.05, 4.69) is 12.2 Å². The Morgan fingerprint density at radius 3 is 2.68 bits per heavy atom. The lowest BCUT2D eigenvalue weighted by Crippen LogP contribution is -2.51. The zero-order valence-electron chi connectivity index (χ0n) is 13.4. The zero-order valence-corrected chi connectivity index (χ0v) is 13.4. The number of carbonyl (C=O) groups excluding carboxylic acids is 1. The van der Waals surface area contributed by atoms with E-state index in [0.717, 1.165) is 32.4 Å². The number of piperidine rings is 1. The molecule has 0 aromatic heterocycles. The van der Waals surface area contributed by atoms with Gasteiger partial charge in [-0.2, -0.15) is 0 Å². The van der Waals surface area contributed by atoms with E-state index in [1.807, 2.05) is 24.0 Å². The Morgan fingerprint density at radius 1 is 1.32 bits per heavy atom. The number of rotatable bonds is 4. The molecule has 1 aromatic carbocycles. The molecule has 1 amide bonds. The van der Waals surface area contributed by atoms with Gasteiger partial charge in [0.1, 0.15) is 5.82 Å². The first-order valence-electron chi connectivity index (χ1n) is 8.35. The smallest absolute Gasteiger partial charge is 0.225 e. The molecule has 1 saturated heterocycles. The quantitative estimate of drug-likeness (QED) is 0.927. The van der Waals surface area contributed by atoms with Gasteiger partial charge in [-0.05, 0) is 38.2 Å². The molecule has 3 nitrogen and oxygen atoms in total. The number of likely N-dealkylation sites (tertiary alicyclic amines) is 1. The minimum Gasteiger partial charge on any atom is -0.342 e. The second kappa shape index (κ2) is 6.37. The zero-order chi connectivity index (χ0) is 15.7. The van der Waals surface area contributed by atoms with E-state index in [1.165, 1.54) is 6.07 Å². The highest BCUT2D eigenvalue weighted by Crippen LogP contribution is 2.32. The molecule has 0 spiro atoms. The fourth-order valence-corrected chi connectivity index (χ4v) is 3.42. The van der Waals surface area contributed by atoms with Gasteiger partial charge in [-0.25, -0.2) is 4.39 Å². The van der Waals surface area contributed by atoms with E-state index < -0.39 is 0 Å². The first-order valence-corrected chi connectivity index (χ1v) is 8.35. The van der Waals surface area contributed by atoms with E-state index in [1.54, 1.807) is 6.07 Å². The summed E-state index contributed by atoms with van der Waals surface area (Å²) in [6.45, 7) is 5.82. The molecule has 1 aliphatic heterocycles. The molecule has 0 radical (unpaired) electrons. The van der Waals surface area contributed by atoms with E-state index in [-0.39, 0.29) is 11.9 Å². The summed E-state index contributed by atoms with van der Waals surface area (Å²) in [6, 6.07) is 7.25. The predicted octanol–water partition coefficient (Wildman–Crippen LogP) is 3.12. The Labute approximate surface area is 131 Å². The average molecular weight is 304 g/mol. The largest absolute Gasteiger partial charge is 0.342 e. The normalized spacial score (nSPS) is 26.8. The lowest BCUT2D eigenvalue weighted by Gasteiger charge is -2.39. The Balaban J connectivity index is 1.57. The molecule has 2 fully saturated rings. The monoisotopic (exact) mass is 304 g/mol. The first kappa shape index (κ1) is 15.5. The summed E-state index contributed by atoms with van der Waals surface area (Å²) < 4.78 is 13.9. The van der Waals surface area contributed by atoms with Crippen molar-refractivity contribution in [3.8, 4) is 0 Å². The lowest BCUT2D eigenvalue weighted by atomic mass is 9.92. The molecule has 3 rings (SSSR count). The van der Waals surface area contributed by atoms with Crippen LogP contribution in [0, 0.1) is 17.7 Å². The van der Waals surface area contributed by atoms with Gasteiger partial charge in [0.25, 0.3) is 0 Å². The number of nitrogens with zero attached hydrogens (tertiary/aromatic N) is 1. The molecule has 120 valence electrons. The van der Waals surface area contributed by atoms with Gasteiger partial charge >= 0.3 is 0 Å². The average Bonchev–Trinajstić information content (AvgIpc) is 3.33. The highest BCUT2D eigenvalue weighted by Gasteiger charge is 2.37. The highest BCUT2D eigenvalue weighted by molar-refractivity contribution is 5.81. The van der Waals surface area contributed by atoms with Crippen LogP contribution in [0.25, 0.3) is 0 Å². The standard InChI is InChI=1S/C18H25FN2O/c1-12-11-21(18(22)14-7-8-14)10-9-17(12)20-13(2)15-5-3-4-6-16(15)19/h3-6,12-14,17,20H,7-11H2,1-2H3/t12-,13+,17-/m1/s1. The Bertz CT molecular complexity index is 544. The summed E-state index contributed by atoms with van der Waals surface area (Å²) in [4.78, 5) is 14.2. The van der Waals surface area contributed by atoms with Crippen molar-refractivity contribution in [3.05, 3.63) is 35.6 Å². The third-order valence-electron chi connectivity index (χ3n) is 4.98. The van der Waals surface area contributed by atoms with Gasteiger partial charge in [0.2, 0.25) is 5.91 Å². The molecule has 1 saturated carbocycles. The third-order valence-corrected chi connectivity index (χ3v) is 4.98. The molecule has 2 aliphatic rings. The van der Waals surface area contributed by atoms with Gasteiger partial charge in [0.05, 0.1) is 0 Å². The van der Waals surface area contributed by atoms with Crippen LogP contribution in [0.4, 0.5) is 4.39 Å². The SMILES string of the molecule is C[C@H](N[C@@H]1CCN(C(=O)C2CC2)C[C@H]1C)c1ccccc1F. The molecule has 4 heteroatoms. The van der Waals surface area contributed by atoms with E-state index in [4.69, 9.17) is 0 Å². The molecular formula is C18H25FN2O. The Kier molecular flexibility index (Phi) is 4.48. The van der Waals surface area contributed by atoms with Crippen molar-refractivity contribution >= 4 is 5.91 Å². The van der Waals surface area contributed by atoms with Crippen molar-refractivity contribution < 1.29 is 9.18 Å². The van der Waals surface area contributed by atoms with Gasteiger partial charge in [-0.3, -0.25) is 4.79 Å². The van der Waals surface area contributed by atoms with Gasteiger partial charge in [0.15, 0.2) is 0 Å². The molecule has 1 N–H and O–H groups in total. The van der Waals surface area contributed by atoms with Crippen LogP contribution >= 0.6 is 0 Å². The number of carbonyl (C=O) groups is 1. The van der Waals surface area contributed by atoms with Crippen molar-refractivity contribution in [3.63, 3.8) is 0 Å². The lowest BCUT2D eigenvalue weighted by molar-refractivity contribution is -0.134. The van der Waals surface area contributed by atoms with Crippen LogP contribution in [0.5, 0.6) is 0 Å². The van der Waals surface area contributed by atoms with E-state index in [9.17, 15) is 9.18 Å². The van der Waals surface area contributed by atoms with Crippen molar-refractivity contribution in [2.45, 2.75) is 45.2 Å². The van der Waals surface area contributed by atoms with Crippen LogP contribution < -0.4 is 5.32 Å². The molecule has 22 heavy (non-hydrogen) atoms. The topological polar surface area (TPSA) is 32.3 Å². The second-order valence-electron chi connectivity index (χ2n) is 6.84. The van der Waals surface area contributed by atoms with Gasteiger partial charge in [-0.15, -0.1) is 0 Å². The Morgan fingerprint density at radius 2 is 2.05 bits per heavy atom. The van der Waals surface area contributed by atoms with Crippen molar-refractivity contribution in [1.29, 1.82) is 0 Å². The molecule has 1 heterocycles. The molecular weight excluding hydrogens is 279 g/mol. The maximum Gasteiger partial charge on any atom is 0.225 e. The summed E-state index contributed by atoms with van der Waals surface area (Å²) in [5.74, 6) is 0.878. The summed E-state index contributed by atoms with van der Waals surface area (Å²) >= 11 is 0. The first-order chi connectivity index (χ1) is 10.6. The Hall–Kier alpha value is -1.42. The predicted molar refractivity (Wildman–Crippen MR) is 84.8 cm³/mol. The highest BCUT2D eigenvalue weighted by atomic mass is 19.1. The molecule has 0 unspecified atom stereocenters. The maximum atomic E-state index is 13.9. The second-order valence-corrected chi connectivity index (χ2v) is 6.84. The van der Waals surface area contributed by atoms with Crippen LogP contribution in [-0.4, -0.2) is 29.9 Å². The minimum atomic E-state index is -0.156. The number of amides is 1. The van der Waals surface area contributed by atoms with Crippen molar-refractivity contribution in [2.75, 3.05) is 13.1 Å². The van der Waals surface area contributed by atoms with Crippen molar-refractivity contribution in [1.82, 2.24) is 10.2 Å². The van der Waals surface area contributed by atoms with Crippen LogP contribution in [0.2, 0.25) is 0 Å². The van der Waals surface area contributed by atoms with E-state index >= 15 is 0 Å². The third kappa shape index (κ3) is 3.32. The van der Waals surface area contributed by atoms with Crippen LogP contribution in [0.15, 0.2) is 24.3 Å². The van der Waals surface area contributed by atoms with E-state index in [0.29, 0.717) is 29.3 Å². The molecule has 0 bridgehead atoms. The van der Waals surface area contributed by atoms with Crippen molar-refractivity contribution in [2.24, 2.45) is 11.8 Å². The fraction of sp³-hybridized carbons (Fsp3) is 0.611.